The maximum atomic E-state index is 5.95. The van der Waals surface area contributed by atoms with E-state index < -0.39 is 0 Å². The molecule has 0 saturated heterocycles. The molecule has 0 atom stereocenters. The highest BCUT2D eigenvalue weighted by Gasteiger charge is 1.98. The van der Waals surface area contributed by atoms with E-state index in [4.69, 9.17) is 11.6 Å². The molecule has 2 aromatic rings. The fourth-order valence-corrected chi connectivity index (χ4v) is 2.12. The summed E-state index contributed by atoms with van der Waals surface area (Å²) in [6.45, 7) is 0.758. The summed E-state index contributed by atoms with van der Waals surface area (Å²) in [5.74, 6) is 0. The number of benzene rings is 2. The summed E-state index contributed by atoms with van der Waals surface area (Å²) in [7, 11) is 0. The second-order valence-electron chi connectivity index (χ2n) is 3.82. The maximum Gasteiger partial charge on any atom is 0.0502 e. The Balaban J connectivity index is 1.92. The van der Waals surface area contributed by atoms with Crippen molar-refractivity contribution < 1.29 is 0 Å². The molecule has 0 aliphatic heterocycles. The molecule has 0 radical (unpaired) electrons. The van der Waals surface area contributed by atoms with Crippen LogP contribution in [0, 0.1) is 0 Å². The third-order valence-electron chi connectivity index (χ3n) is 2.45. The quantitative estimate of drug-likeness (QED) is 0.813. The summed E-state index contributed by atoms with van der Waals surface area (Å²) < 4.78 is 1.01. The van der Waals surface area contributed by atoms with Crippen LogP contribution in [-0.2, 0) is 0 Å². The minimum absolute atomic E-state index is 0.729. The van der Waals surface area contributed by atoms with Crippen molar-refractivity contribution in [3.63, 3.8) is 0 Å². The van der Waals surface area contributed by atoms with E-state index in [1.165, 1.54) is 5.56 Å². The van der Waals surface area contributed by atoms with Gasteiger partial charge in [-0.1, -0.05) is 54.1 Å². The molecular formula is C15H13BrClN. The molecule has 0 aliphatic carbocycles. The Morgan fingerprint density at radius 1 is 1.11 bits per heavy atom. The Morgan fingerprint density at radius 2 is 1.89 bits per heavy atom. The fraction of sp³-hybridized carbons (Fsp3) is 0.0667. The first-order valence-corrected chi connectivity index (χ1v) is 6.83. The highest BCUT2D eigenvalue weighted by Crippen LogP contribution is 2.25. The van der Waals surface area contributed by atoms with Gasteiger partial charge < -0.3 is 5.32 Å². The third-order valence-corrected chi connectivity index (χ3v) is 3.38. The topological polar surface area (TPSA) is 12.0 Å². The summed E-state index contributed by atoms with van der Waals surface area (Å²) in [4.78, 5) is 0. The van der Waals surface area contributed by atoms with Gasteiger partial charge in [-0.15, -0.1) is 0 Å². The number of anilines is 1. The monoisotopic (exact) mass is 321 g/mol. The number of hydrogen-bond acceptors (Lipinski definition) is 1. The first kappa shape index (κ1) is 13.2. The molecule has 0 bridgehead atoms. The fourth-order valence-electron chi connectivity index (χ4n) is 1.56. The first-order valence-electron chi connectivity index (χ1n) is 5.66. The average molecular weight is 323 g/mol. The summed E-state index contributed by atoms with van der Waals surface area (Å²) in [5, 5.41) is 4.04. The van der Waals surface area contributed by atoms with E-state index in [0.717, 1.165) is 21.7 Å². The zero-order valence-corrected chi connectivity index (χ0v) is 12.1. The molecule has 0 unspecified atom stereocenters. The average Bonchev–Trinajstić information content (AvgIpc) is 2.40. The lowest BCUT2D eigenvalue weighted by Gasteiger charge is -2.06. The van der Waals surface area contributed by atoms with Gasteiger partial charge in [-0.05, 0) is 39.7 Å². The molecule has 3 heteroatoms. The van der Waals surface area contributed by atoms with Crippen LogP contribution in [0.15, 0.2) is 59.1 Å². The second kappa shape index (κ2) is 6.62. The molecule has 0 aliphatic rings. The lowest BCUT2D eigenvalue weighted by Crippen LogP contribution is -1.98. The van der Waals surface area contributed by atoms with E-state index in [1.54, 1.807) is 0 Å². The Bertz CT molecular complexity index is 537. The lowest BCUT2D eigenvalue weighted by atomic mass is 10.2. The van der Waals surface area contributed by atoms with Crippen molar-refractivity contribution >= 4 is 39.3 Å². The van der Waals surface area contributed by atoms with Crippen molar-refractivity contribution in [2.24, 2.45) is 0 Å². The number of rotatable bonds is 4. The van der Waals surface area contributed by atoms with Gasteiger partial charge in [0.2, 0.25) is 0 Å². The van der Waals surface area contributed by atoms with Crippen LogP contribution in [0.1, 0.15) is 5.56 Å². The third kappa shape index (κ3) is 3.90. The predicted molar refractivity (Wildman–Crippen MR) is 83.1 cm³/mol. The van der Waals surface area contributed by atoms with E-state index in [1.807, 2.05) is 36.4 Å². The Labute approximate surface area is 121 Å². The van der Waals surface area contributed by atoms with Gasteiger partial charge in [0.15, 0.2) is 0 Å². The van der Waals surface area contributed by atoms with E-state index in [2.05, 4.69) is 45.5 Å². The van der Waals surface area contributed by atoms with Gasteiger partial charge in [-0.25, -0.2) is 0 Å². The molecule has 2 rings (SSSR count). The molecule has 0 fully saturated rings. The smallest absolute Gasteiger partial charge is 0.0502 e. The van der Waals surface area contributed by atoms with Gasteiger partial charge in [0.05, 0.1) is 5.69 Å². The van der Waals surface area contributed by atoms with Crippen LogP contribution >= 0.6 is 27.5 Å². The zero-order valence-electron chi connectivity index (χ0n) is 9.74. The Kier molecular flexibility index (Phi) is 4.85. The largest absolute Gasteiger partial charge is 0.381 e. The number of nitrogens with one attached hydrogen (secondary N) is 1. The van der Waals surface area contributed by atoms with Crippen LogP contribution in [0.25, 0.3) is 6.08 Å². The van der Waals surface area contributed by atoms with E-state index in [9.17, 15) is 0 Å². The molecule has 0 aromatic heterocycles. The second-order valence-corrected chi connectivity index (χ2v) is 5.11. The molecule has 1 N–H and O–H groups in total. The normalized spacial score (nSPS) is 10.8. The summed E-state index contributed by atoms with van der Waals surface area (Å²) in [6.07, 6.45) is 4.17. The van der Waals surface area contributed by atoms with Gasteiger partial charge in [-0.2, -0.15) is 0 Å². The first-order chi connectivity index (χ1) is 8.75. The summed E-state index contributed by atoms with van der Waals surface area (Å²) in [5.41, 5.74) is 2.20. The van der Waals surface area contributed by atoms with Crippen LogP contribution in [-0.4, -0.2) is 6.54 Å². The highest BCUT2D eigenvalue weighted by atomic mass is 79.9. The molecule has 0 saturated carbocycles. The molecule has 0 heterocycles. The van der Waals surface area contributed by atoms with Gasteiger partial charge in [-0.3, -0.25) is 0 Å². The minimum Gasteiger partial charge on any atom is -0.381 e. The van der Waals surface area contributed by atoms with Crippen LogP contribution in [0.4, 0.5) is 5.69 Å². The lowest BCUT2D eigenvalue weighted by molar-refractivity contribution is 1.33. The zero-order chi connectivity index (χ0) is 12.8. The van der Waals surface area contributed by atoms with Crippen LogP contribution in [0.2, 0.25) is 5.02 Å². The molecular weight excluding hydrogens is 310 g/mol. The van der Waals surface area contributed by atoms with E-state index in [-0.39, 0.29) is 0 Å². The SMILES string of the molecule is Clc1ccc(Br)c(NC/C=C/c2ccccc2)c1. The van der Waals surface area contributed by atoms with Crippen LogP contribution in [0.5, 0.6) is 0 Å². The van der Waals surface area contributed by atoms with Crippen molar-refractivity contribution in [3.8, 4) is 0 Å². The molecule has 0 amide bonds. The van der Waals surface area contributed by atoms with Gasteiger partial charge in [0.1, 0.15) is 0 Å². The number of halogens is 2. The van der Waals surface area contributed by atoms with Crippen molar-refractivity contribution in [1.29, 1.82) is 0 Å². The van der Waals surface area contributed by atoms with Gasteiger partial charge in [0.25, 0.3) is 0 Å². The molecule has 0 spiro atoms. The predicted octanol–water partition coefficient (Wildman–Crippen LogP) is 5.23. The highest BCUT2D eigenvalue weighted by molar-refractivity contribution is 9.10. The molecule has 2 aromatic carbocycles. The van der Waals surface area contributed by atoms with E-state index >= 15 is 0 Å². The standard InChI is InChI=1S/C15H13BrClN/c16-14-9-8-13(17)11-15(14)18-10-4-7-12-5-2-1-3-6-12/h1-9,11,18H,10H2/b7-4+. The summed E-state index contributed by atoms with van der Waals surface area (Å²) >= 11 is 9.43. The Hall–Kier alpha value is -1.25. The van der Waals surface area contributed by atoms with Crippen LogP contribution in [0.3, 0.4) is 0 Å². The van der Waals surface area contributed by atoms with E-state index in [0.29, 0.717) is 0 Å². The maximum absolute atomic E-state index is 5.95. The van der Waals surface area contributed by atoms with Crippen LogP contribution < -0.4 is 5.32 Å². The van der Waals surface area contributed by atoms with Crippen molar-refractivity contribution in [3.05, 3.63) is 69.7 Å². The molecule has 92 valence electrons. The molecule has 1 nitrogen and oxygen atoms in total. The van der Waals surface area contributed by atoms with Crippen molar-refractivity contribution in [1.82, 2.24) is 0 Å². The van der Waals surface area contributed by atoms with Gasteiger partial charge in [0, 0.05) is 16.0 Å². The minimum atomic E-state index is 0.729. The Morgan fingerprint density at radius 3 is 2.67 bits per heavy atom. The van der Waals surface area contributed by atoms with Gasteiger partial charge >= 0.3 is 0 Å². The van der Waals surface area contributed by atoms with Crippen molar-refractivity contribution in [2.75, 3.05) is 11.9 Å². The molecule has 18 heavy (non-hydrogen) atoms. The number of hydrogen-bond donors (Lipinski definition) is 1. The van der Waals surface area contributed by atoms with Crippen molar-refractivity contribution in [2.45, 2.75) is 0 Å². The summed E-state index contributed by atoms with van der Waals surface area (Å²) in [6, 6.07) is 15.9.